The monoisotopic (exact) mass is 385 g/mol. The molecular weight excluding hydrogens is 350 g/mol. The molecule has 2 aromatic rings. The average molecular weight is 386 g/mol. The van der Waals surface area contributed by atoms with Gasteiger partial charge in [-0.05, 0) is 35.7 Å². The Morgan fingerprint density at radius 1 is 0.889 bits per heavy atom. The van der Waals surface area contributed by atoms with Crippen LogP contribution in [0.4, 0.5) is 0 Å². The molecule has 2 atom stereocenters. The van der Waals surface area contributed by atoms with Crippen LogP contribution in [0.2, 0.25) is 18.1 Å². The van der Waals surface area contributed by atoms with Crippen molar-refractivity contribution >= 4 is 8.32 Å². The molecule has 0 saturated heterocycles. The summed E-state index contributed by atoms with van der Waals surface area (Å²) < 4.78 is 6.50. The molecule has 0 unspecified atom stereocenters. The third-order valence-electron chi connectivity index (χ3n) is 5.80. The molecule has 0 aliphatic rings. The first-order chi connectivity index (χ1) is 12.7. The van der Waals surface area contributed by atoms with Crippen molar-refractivity contribution in [1.29, 1.82) is 0 Å². The second-order valence-corrected chi connectivity index (χ2v) is 13.5. The lowest BCUT2D eigenvalue weighted by atomic mass is 10.0. The van der Waals surface area contributed by atoms with Gasteiger partial charge in [0.15, 0.2) is 8.32 Å². The van der Waals surface area contributed by atoms with E-state index >= 15 is 0 Å². The first-order valence-corrected chi connectivity index (χ1v) is 12.8. The number of hydrogen-bond donors (Lipinski definition) is 1. The molecule has 2 aromatic carbocycles. The van der Waals surface area contributed by atoms with Gasteiger partial charge in [0.2, 0.25) is 0 Å². The summed E-state index contributed by atoms with van der Waals surface area (Å²) >= 11 is 0. The van der Waals surface area contributed by atoms with Gasteiger partial charge < -0.3 is 9.63 Å². The summed E-state index contributed by atoms with van der Waals surface area (Å²) in [5.41, 5.74) is 2.20. The lowest BCUT2D eigenvalue weighted by molar-refractivity contribution is -0.173. The van der Waals surface area contributed by atoms with E-state index in [-0.39, 0.29) is 17.1 Å². The molecule has 4 heteroatoms. The first kappa shape index (κ1) is 21.8. The molecule has 0 saturated carbocycles. The SMILES string of the molecule is CC[C@H](c1ccccc1)N(O)[C@H](CO[Si](C)(C)C(C)(C)C)c1ccccc1. The largest absolute Gasteiger partial charge is 0.415 e. The van der Waals surface area contributed by atoms with Crippen molar-refractivity contribution in [2.45, 2.75) is 64.3 Å². The predicted molar refractivity (Wildman–Crippen MR) is 115 cm³/mol. The minimum Gasteiger partial charge on any atom is -0.415 e. The lowest BCUT2D eigenvalue weighted by Crippen LogP contribution is -2.43. The van der Waals surface area contributed by atoms with Gasteiger partial charge in [-0.2, -0.15) is 5.06 Å². The van der Waals surface area contributed by atoms with Crippen molar-refractivity contribution in [2.75, 3.05) is 6.61 Å². The van der Waals surface area contributed by atoms with E-state index in [2.05, 4.69) is 65.1 Å². The molecule has 3 nitrogen and oxygen atoms in total. The Balaban J connectivity index is 2.29. The smallest absolute Gasteiger partial charge is 0.192 e. The van der Waals surface area contributed by atoms with Gasteiger partial charge >= 0.3 is 0 Å². The summed E-state index contributed by atoms with van der Waals surface area (Å²) in [4.78, 5) is 0. The van der Waals surface area contributed by atoms with Crippen molar-refractivity contribution < 1.29 is 9.63 Å². The van der Waals surface area contributed by atoms with Crippen LogP contribution in [0.5, 0.6) is 0 Å². The Hall–Kier alpha value is -1.46. The highest BCUT2D eigenvalue weighted by Crippen LogP contribution is 2.38. The van der Waals surface area contributed by atoms with Crippen LogP contribution < -0.4 is 0 Å². The minimum atomic E-state index is -1.91. The van der Waals surface area contributed by atoms with Gasteiger partial charge in [0.1, 0.15) is 0 Å². The molecule has 2 rings (SSSR count). The zero-order valence-electron chi connectivity index (χ0n) is 17.6. The quantitative estimate of drug-likeness (QED) is 0.411. The maximum absolute atomic E-state index is 11.2. The predicted octanol–water partition coefficient (Wildman–Crippen LogP) is 6.59. The number of hydrogen-bond acceptors (Lipinski definition) is 3. The normalized spacial score (nSPS) is 15.0. The van der Waals surface area contributed by atoms with Gasteiger partial charge in [0.05, 0.1) is 18.7 Å². The van der Waals surface area contributed by atoms with Gasteiger partial charge in [0, 0.05) is 0 Å². The van der Waals surface area contributed by atoms with Crippen molar-refractivity contribution in [3.63, 3.8) is 0 Å². The summed E-state index contributed by atoms with van der Waals surface area (Å²) in [5.74, 6) is 0. The Kier molecular flexibility index (Phi) is 7.40. The summed E-state index contributed by atoms with van der Waals surface area (Å²) in [7, 11) is -1.91. The Morgan fingerprint density at radius 2 is 1.33 bits per heavy atom. The van der Waals surface area contributed by atoms with Gasteiger partial charge in [-0.3, -0.25) is 0 Å². The van der Waals surface area contributed by atoms with E-state index in [1.54, 1.807) is 0 Å². The second kappa shape index (κ2) is 9.15. The average Bonchev–Trinajstić information content (AvgIpc) is 2.63. The molecule has 0 fully saturated rings. The van der Waals surface area contributed by atoms with Crippen LogP contribution in [-0.2, 0) is 4.43 Å². The van der Waals surface area contributed by atoms with Gasteiger partial charge in [-0.1, -0.05) is 88.4 Å². The van der Waals surface area contributed by atoms with E-state index in [0.29, 0.717) is 6.61 Å². The molecule has 0 heterocycles. The molecule has 0 aromatic heterocycles. The zero-order valence-corrected chi connectivity index (χ0v) is 18.6. The van der Waals surface area contributed by atoms with E-state index in [0.717, 1.165) is 17.5 Å². The van der Waals surface area contributed by atoms with Gasteiger partial charge in [-0.15, -0.1) is 0 Å². The van der Waals surface area contributed by atoms with E-state index in [4.69, 9.17) is 4.43 Å². The summed E-state index contributed by atoms with van der Waals surface area (Å²) in [5, 5.41) is 12.9. The van der Waals surface area contributed by atoms with Crippen LogP contribution in [0, 0.1) is 0 Å². The molecule has 0 aliphatic carbocycles. The summed E-state index contributed by atoms with van der Waals surface area (Å²) in [6.07, 6.45) is 0.823. The van der Waals surface area contributed by atoms with Gasteiger partial charge in [0.25, 0.3) is 0 Å². The number of hydroxylamine groups is 2. The van der Waals surface area contributed by atoms with E-state index in [1.165, 1.54) is 5.06 Å². The molecule has 0 amide bonds. The lowest BCUT2D eigenvalue weighted by Gasteiger charge is -2.39. The van der Waals surface area contributed by atoms with E-state index in [9.17, 15) is 5.21 Å². The summed E-state index contributed by atoms with van der Waals surface area (Å²) in [6, 6.07) is 20.1. The molecule has 0 spiro atoms. The van der Waals surface area contributed by atoms with Crippen LogP contribution in [0.25, 0.3) is 0 Å². The molecule has 148 valence electrons. The Bertz CT molecular complexity index is 683. The van der Waals surface area contributed by atoms with Crippen LogP contribution in [0.1, 0.15) is 57.3 Å². The topological polar surface area (TPSA) is 32.7 Å². The highest BCUT2D eigenvalue weighted by molar-refractivity contribution is 6.74. The fourth-order valence-electron chi connectivity index (χ4n) is 2.97. The van der Waals surface area contributed by atoms with Crippen molar-refractivity contribution in [3.05, 3.63) is 71.8 Å². The van der Waals surface area contributed by atoms with Crippen LogP contribution >= 0.6 is 0 Å². The maximum Gasteiger partial charge on any atom is 0.192 e. The van der Waals surface area contributed by atoms with Crippen LogP contribution in [-0.4, -0.2) is 25.2 Å². The maximum atomic E-state index is 11.2. The molecule has 0 aliphatic heterocycles. The molecular formula is C23H35NO2Si. The molecule has 27 heavy (non-hydrogen) atoms. The highest BCUT2D eigenvalue weighted by Gasteiger charge is 2.38. The van der Waals surface area contributed by atoms with Crippen molar-refractivity contribution in [2.24, 2.45) is 0 Å². The van der Waals surface area contributed by atoms with Crippen LogP contribution in [0.3, 0.4) is 0 Å². The first-order valence-electron chi connectivity index (χ1n) is 9.88. The Morgan fingerprint density at radius 3 is 1.74 bits per heavy atom. The number of benzene rings is 2. The molecule has 0 radical (unpaired) electrons. The number of rotatable bonds is 8. The fourth-order valence-corrected chi connectivity index (χ4v) is 3.98. The summed E-state index contributed by atoms with van der Waals surface area (Å²) in [6.45, 7) is 13.8. The van der Waals surface area contributed by atoms with Gasteiger partial charge in [-0.25, -0.2) is 0 Å². The van der Waals surface area contributed by atoms with Crippen molar-refractivity contribution in [3.8, 4) is 0 Å². The highest BCUT2D eigenvalue weighted by atomic mass is 28.4. The third-order valence-corrected chi connectivity index (χ3v) is 10.3. The second-order valence-electron chi connectivity index (χ2n) is 8.71. The minimum absolute atomic E-state index is 0.0700. The Labute approximate surface area is 166 Å². The van der Waals surface area contributed by atoms with E-state index in [1.807, 2.05) is 36.4 Å². The standard InChI is InChI=1S/C23H35NO2Si/c1-7-21(19-14-10-8-11-15-19)24(25)22(20-16-12-9-13-17-20)18-26-27(5,6)23(2,3)4/h8-17,21-22,25H,7,18H2,1-6H3/t21-,22-/m1/s1. The molecule has 1 N–H and O–H groups in total. The third kappa shape index (κ3) is 5.52. The number of nitrogens with zero attached hydrogens (tertiary/aromatic N) is 1. The fraction of sp³-hybridized carbons (Fsp3) is 0.478. The van der Waals surface area contributed by atoms with E-state index < -0.39 is 8.32 Å². The van der Waals surface area contributed by atoms with Crippen LogP contribution in [0.15, 0.2) is 60.7 Å². The molecule has 0 bridgehead atoms. The van der Waals surface area contributed by atoms with Crippen molar-refractivity contribution in [1.82, 2.24) is 5.06 Å². The zero-order chi connectivity index (χ0) is 20.1.